The van der Waals surface area contributed by atoms with Gasteiger partial charge in [-0.1, -0.05) is 0 Å². The van der Waals surface area contributed by atoms with E-state index in [9.17, 15) is 9.59 Å². The number of amides is 2. The second kappa shape index (κ2) is 7.65. The molecule has 0 saturated heterocycles. The van der Waals surface area contributed by atoms with Gasteiger partial charge in [-0.15, -0.1) is 0 Å². The summed E-state index contributed by atoms with van der Waals surface area (Å²) in [6, 6.07) is 20.9. The molecule has 0 fully saturated rings. The van der Waals surface area contributed by atoms with Crippen molar-refractivity contribution in [3.63, 3.8) is 0 Å². The number of carbonyl (C=O) groups excluding carboxylic acids is 2. The van der Waals surface area contributed by atoms with Gasteiger partial charge in [0.05, 0.1) is 0 Å². The predicted molar refractivity (Wildman–Crippen MR) is 123 cm³/mol. The Hall–Kier alpha value is -2.47. The average Bonchev–Trinajstić information content (AvgIpc) is 3.21. The summed E-state index contributed by atoms with van der Waals surface area (Å²) in [5.41, 5.74) is 2.43. The Bertz CT molecular complexity index is 1220. The number of carbonyl (C=O) groups is 2. The quantitative estimate of drug-likeness (QED) is 0.222. The van der Waals surface area contributed by atoms with E-state index in [4.69, 9.17) is 0 Å². The van der Waals surface area contributed by atoms with Gasteiger partial charge in [0.15, 0.2) is 0 Å². The van der Waals surface area contributed by atoms with Crippen molar-refractivity contribution in [2.75, 3.05) is 11.9 Å². The molecule has 147 valence electrons. The van der Waals surface area contributed by atoms with Crippen molar-refractivity contribution in [1.82, 2.24) is 4.90 Å². The molecular weight excluding hydrogens is 528 g/mol. The number of hydrogen-bond donors (Lipinski definition) is 0. The second-order valence-electron chi connectivity index (χ2n) is 6.67. The first-order chi connectivity index (χ1) is 14.5. The number of fused-ring (bicyclic) bond motifs is 2. The number of benzene rings is 2. The van der Waals surface area contributed by atoms with Gasteiger partial charge in [0.25, 0.3) is 0 Å². The second-order valence-corrected chi connectivity index (χ2v) is 10.8. The molecule has 1 aromatic heterocycles. The van der Waals surface area contributed by atoms with Crippen LogP contribution in [0, 0.1) is 0 Å². The monoisotopic (exact) mass is 544 g/mol. The van der Waals surface area contributed by atoms with Gasteiger partial charge in [0, 0.05) is 0 Å². The van der Waals surface area contributed by atoms with E-state index in [1.807, 2.05) is 12.1 Å². The molecule has 0 atom stereocenters. The van der Waals surface area contributed by atoms with Gasteiger partial charge in [-0.2, -0.15) is 0 Å². The normalized spacial score (nSPS) is 17.1. The molecule has 0 aliphatic carbocycles. The Kier molecular flexibility index (Phi) is 4.97. The molecule has 0 bridgehead atoms. The first kappa shape index (κ1) is 19.5. The molecule has 2 aromatic carbocycles. The third-order valence-corrected chi connectivity index (χ3v) is 8.96. The van der Waals surface area contributed by atoms with Crippen LogP contribution in [0.2, 0.25) is 0 Å². The van der Waals surface area contributed by atoms with E-state index in [1.165, 1.54) is 25.2 Å². The van der Waals surface area contributed by atoms with E-state index < -0.39 is 5.91 Å². The van der Waals surface area contributed by atoms with Crippen molar-refractivity contribution in [3.05, 3.63) is 71.1 Å². The third-order valence-electron chi connectivity index (χ3n) is 4.80. The molecule has 1 radical (unpaired) electrons. The molecule has 0 N–H and O–H groups in total. The van der Waals surface area contributed by atoms with Crippen LogP contribution in [-0.2, 0) is 9.59 Å². The van der Waals surface area contributed by atoms with Crippen LogP contribution in [0.3, 0.4) is 0 Å². The molecule has 3 heterocycles. The van der Waals surface area contributed by atoms with Crippen LogP contribution in [0.4, 0.5) is 16.4 Å². The van der Waals surface area contributed by atoms with Crippen LogP contribution < -0.4 is 13.8 Å². The van der Waals surface area contributed by atoms with Crippen LogP contribution in [0.15, 0.2) is 71.2 Å². The molecule has 2 amide bonds. The fourth-order valence-corrected chi connectivity index (χ4v) is 6.87. The molecular formula is C22H14N3O2SSe2. The summed E-state index contributed by atoms with van der Waals surface area (Å²) in [6.45, 7) is 0. The SMILES string of the molecule is CN1C(=O)/C(=C/c2ccc(N3c4ccccc4[Se]c4ccccc43)s2)C(=O)N=C1[Se]. The Morgan fingerprint density at radius 3 is 2.27 bits per heavy atom. The molecule has 2 aliphatic rings. The summed E-state index contributed by atoms with van der Waals surface area (Å²) in [5, 5.41) is 1.04. The summed E-state index contributed by atoms with van der Waals surface area (Å²) in [6.07, 6.45) is 1.64. The Labute approximate surface area is 192 Å². The number of aliphatic imine (C=N–C) groups is 1. The summed E-state index contributed by atoms with van der Waals surface area (Å²) in [5.74, 6) is -0.867. The molecule has 5 rings (SSSR count). The number of hydrogen-bond acceptors (Lipinski definition) is 4. The Morgan fingerprint density at radius 2 is 1.60 bits per heavy atom. The van der Waals surface area contributed by atoms with E-state index in [-0.39, 0.29) is 31.2 Å². The van der Waals surface area contributed by atoms with Gasteiger partial charge < -0.3 is 0 Å². The third kappa shape index (κ3) is 3.27. The zero-order valence-corrected chi connectivity index (χ0v) is 20.0. The van der Waals surface area contributed by atoms with Gasteiger partial charge in [0.1, 0.15) is 0 Å². The van der Waals surface area contributed by atoms with Gasteiger partial charge in [-0.25, -0.2) is 0 Å². The van der Waals surface area contributed by atoms with E-state index >= 15 is 0 Å². The zero-order chi connectivity index (χ0) is 20.8. The fraction of sp³-hybridized carbons (Fsp3) is 0.0455. The molecule has 0 unspecified atom stereocenters. The molecule has 0 spiro atoms. The van der Waals surface area contributed by atoms with Gasteiger partial charge in [-0.05, 0) is 0 Å². The maximum absolute atomic E-state index is 12.5. The standard InChI is InChI=1S/C22H14N3O2SSe2/c1-24-21(27)14(20(26)23-22(24)29)12-13-10-11-19(28-13)25-15-6-2-4-8-17(15)30-18-9-5-3-7-16(18)25/h2-12H,1H3/b14-12+. The van der Waals surface area contributed by atoms with Crippen molar-refractivity contribution in [2.24, 2.45) is 4.99 Å². The number of para-hydroxylation sites is 2. The van der Waals surface area contributed by atoms with Crippen LogP contribution >= 0.6 is 11.3 Å². The van der Waals surface area contributed by atoms with E-state index in [2.05, 4.69) is 74.4 Å². The van der Waals surface area contributed by atoms with Crippen molar-refractivity contribution < 1.29 is 9.59 Å². The van der Waals surface area contributed by atoms with E-state index in [0.717, 1.165) is 9.88 Å². The number of rotatable bonds is 2. The minimum atomic E-state index is -0.516. The molecule has 0 saturated carbocycles. The number of thiophene rings is 1. The fourth-order valence-electron chi connectivity index (χ4n) is 3.33. The van der Waals surface area contributed by atoms with Crippen LogP contribution in [0.1, 0.15) is 4.88 Å². The van der Waals surface area contributed by atoms with Crippen LogP contribution in [-0.4, -0.2) is 59.5 Å². The number of amidine groups is 1. The van der Waals surface area contributed by atoms with Crippen LogP contribution in [0.25, 0.3) is 6.08 Å². The summed E-state index contributed by atoms with van der Waals surface area (Å²) < 4.78 is 2.95. The Morgan fingerprint density at radius 1 is 0.967 bits per heavy atom. The summed E-state index contributed by atoms with van der Waals surface area (Å²) in [7, 11) is 1.60. The van der Waals surface area contributed by atoms with Crippen molar-refractivity contribution >= 4 is 90.2 Å². The van der Waals surface area contributed by atoms with Crippen molar-refractivity contribution in [2.45, 2.75) is 0 Å². The molecule has 8 heteroatoms. The first-order valence-corrected chi connectivity index (χ1v) is 12.5. The minimum absolute atomic E-state index is 0.0766. The molecule has 2 aliphatic heterocycles. The van der Waals surface area contributed by atoms with Gasteiger partial charge in [0.2, 0.25) is 0 Å². The summed E-state index contributed by atoms with van der Waals surface area (Å²) >= 11 is 4.44. The Balaban J connectivity index is 1.57. The average molecular weight is 542 g/mol. The number of anilines is 3. The zero-order valence-electron chi connectivity index (χ0n) is 15.7. The maximum atomic E-state index is 12.5. The molecule has 30 heavy (non-hydrogen) atoms. The number of nitrogens with zero attached hydrogens (tertiary/aromatic N) is 3. The first-order valence-electron chi connectivity index (χ1n) is 9.08. The van der Waals surface area contributed by atoms with E-state index in [0.29, 0.717) is 0 Å². The topological polar surface area (TPSA) is 53.0 Å². The number of likely N-dealkylation sites (N-methyl/N-ethyl adjacent to an activating group) is 1. The van der Waals surface area contributed by atoms with Crippen molar-refractivity contribution in [3.8, 4) is 0 Å². The van der Waals surface area contributed by atoms with Gasteiger partial charge >= 0.3 is 193 Å². The van der Waals surface area contributed by atoms with Crippen molar-refractivity contribution in [1.29, 1.82) is 0 Å². The van der Waals surface area contributed by atoms with Gasteiger partial charge in [-0.3, -0.25) is 0 Å². The molecule has 3 aromatic rings. The van der Waals surface area contributed by atoms with Crippen LogP contribution in [0.5, 0.6) is 0 Å². The molecule has 5 nitrogen and oxygen atoms in total. The van der Waals surface area contributed by atoms with E-state index in [1.54, 1.807) is 24.5 Å². The summed E-state index contributed by atoms with van der Waals surface area (Å²) in [4.78, 5) is 33.1. The predicted octanol–water partition coefficient (Wildman–Crippen LogP) is 2.09.